The smallest absolute Gasteiger partial charge is 0.221 e. The number of aliphatic hydroxyl groups is 1. The Morgan fingerprint density at radius 3 is 2.90 bits per heavy atom. The number of aliphatic hydroxyl groups excluding tert-OH is 1. The van der Waals surface area contributed by atoms with E-state index in [4.69, 9.17) is 5.11 Å². The van der Waals surface area contributed by atoms with Crippen LogP contribution in [0.15, 0.2) is 30.6 Å². The van der Waals surface area contributed by atoms with E-state index in [2.05, 4.69) is 20.6 Å². The van der Waals surface area contributed by atoms with Gasteiger partial charge in [-0.2, -0.15) is 0 Å². The molecule has 1 amide bonds. The van der Waals surface area contributed by atoms with E-state index in [9.17, 15) is 4.79 Å². The first-order valence-electron chi connectivity index (χ1n) is 6.62. The van der Waals surface area contributed by atoms with Crippen molar-refractivity contribution in [2.24, 2.45) is 0 Å². The van der Waals surface area contributed by atoms with Gasteiger partial charge in [0.25, 0.3) is 0 Å². The SMILES string of the molecule is O=C(CCNc1ncnc2ccccc12)NCCCO. The first-order chi connectivity index (χ1) is 9.81. The van der Waals surface area contributed by atoms with Gasteiger partial charge < -0.3 is 15.7 Å². The molecule has 1 aromatic heterocycles. The zero-order valence-corrected chi connectivity index (χ0v) is 11.2. The lowest BCUT2D eigenvalue weighted by Gasteiger charge is -2.08. The van der Waals surface area contributed by atoms with Crippen molar-refractivity contribution in [1.82, 2.24) is 15.3 Å². The van der Waals surface area contributed by atoms with Gasteiger partial charge in [-0.25, -0.2) is 9.97 Å². The summed E-state index contributed by atoms with van der Waals surface area (Å²) >= 11 is 0. The average Bonchev–Trinajstić information content (AvgIpc) is 2.48. The highest BCUT2D eigenvalue weighted by atomic mass is 16.3. The molecule has 0 saturated heterocycles. The third-order valence-electron chi connectivity index (χ3n) is 2.84. The Morgan fingerprint density at radius 2 is 2.05 bits per heavy atom. The van der Waals surface area contributed by atoms with E-state index in [1.54, 1.807) is 0 Å². The molecular weight excluding hydrogens is 256 g/mol. The quantitative estimate of drug-likeness (QED) is 0.654. The summed E-state index contributed by atoms with van der Waals surface area (Å²) in [6.07, 6.45) is 2.45. The van der Waals surface area contributed by atoms with Crippen LogP contribution in [0.25, 0.3) is 10.9 Å². The second-order valence-electron chi connectivity index (χ2n) is 4.34. The molecule has 0 atom stereocenters. The topological polar surface area (TPSA) is 87.1 Å². The van der Waals surface area contributed by atoms with Gasteiger partial charge in [0.15, 0.2) is 0 Å². The number of hydrogen-bond acceptors (Lipinski definition) is 5. The largest absolute Gasteiger partial charge is 0.396 e. The maximum Gasteiger partial charge on any atom is 0.221 e. The van der Waals surface area contributed by atoms with Crippen LogP contribution in [-0.2, 0) is 4.79 Å². The van der Waals surface area contributed by atoms with Crippen LogP contribution in [0.5, 0.6) is 0 Å². The molecule has 0 aliphatic rings. The van der Waals surface area contributed by atoms with Gasteiger partial charge in [0.1, 0.15) is 12.1 Å². The predicted octanol–water partition coefficient (Wildman–Crippen LogP) is 0.930. The van der Waals surface area contributed by atoms with E-state index in [0.717, 1.165) is 16.7 Å². The van der Waals surface area contributed by atoms with E-state index < -0.39 is 0 Å². The molecule has 1 heterocycles. The van der Waals surface area contributed by atoms with Crippen molar-refractivity contribution in [2.75, 3.05) is 25.0 Å². The highest BCUT2D eigenvalue weighted by Crippen LogP contribution is 2.17. The van der Waals surface area contributed by atoms with Crippen LogP contribution < -0.4 is 10.6 Å². The summed E-state index contributed by atoms with van der Waals surface area (Å²) < 4.78 is 0. The number of carbonyl (C=O) groups excluding carboxylic acids is 1. The highest BCUT2D eigenvalue weighted by molar-refractivity contribution is 5.88. The Kier molecular flexibility index (Phi) is 5.25. The molecule has 6 heteroatoms. The fourth-order valence-corrected chi connectivity index (χ4v) is 1.84. The highest BCUT2D eigenvalue weighted by Gasteiger charge is 2.04. The van der Waals surface area contributed by atoms with Crippen LogP contribution in [0, 0.1) is 0 Å². The van der Waals surface area contributed by atoms with Crippen molar-refractivity contribution < 1.29 is 9.90 Å². The number of rotatable bonds is 7. The van der Waals surface area contributed by atoms with Crippen molar-refractivity contribution in [3.63, 3.8) is 0 Å². The summed E-state index contributed by atoms with van der Waals surface area (Å²) in [4.78, 5) is 19.9. The average molecular weight is 274 g/mol. The lowest BCUT2D eigenvalue weighted by molar-refractivity contribution is -0.120. The summed E-state index contributed by atoms with van der Waals surface area (Å²) in [6, 6.07) is 7.72. The number of benzene rings is 1. The number of hydrogen-bond donors (Lipinski definition) is 3. The van der Waals surface area contributed by atoms with Gasteiger partial charge in [-0.15, -0.1) is 0 Å². The van der Waals surface area contributed by atoms with Gasteiger partial charge in [0.2, 0.25) is 5.91 Å². The van der Waals surface area contributed by atoms with Crippen molar-refractivity contribution in [3.8, 4) is 0 Å². The van der Waals surface area contributed by atoms with Crippen molar-refractivity contribution >= 4 is 22.6 Å². The molecule has 20 heavy (non-hydrogen) atoms. The molecule has 3 N–H and O–H groups in total. The number of carbonyl (C=O) groups is 1. The molecule has 2 aromatic rings. The molecule has 106 valence electrons. The third-order valence-corrected chi connectivity index (χ3v) is 2.84. The maximum absolute atomic E-state index is 11.5. The molecule has 0 radical (unpaired) electrons. The van der Waals surface area contributed by atoms with Gasteiger partial charge >= 0.3 is 0 Å². The minimum absolute atomic E-state index is 0.0377. The van der Waals surface area contributed by atoms with Gasteiger partial charge in [0, 0.05) is 31.5 Å². The first-order valence-corrected chi connectivity index (χ1v) is 6.62. The number of fused-ring (bicyclic) bond motifs is 1. The van der Waals surface area contributed by atoms with E-state index in [1.165, 1.54) is 6.33 Å². The summed E-state index contributed by atoms with van der Waals surface area (Å²) in [6.45, 7) is 1.10. The molecule has 1 aromatic carbocycles. The lowest BCUT2D eigenvalue weighted by Crippen LogP contribution is -2.26. The first kappa shape index (κ1) is 14.2. The lowest BCUT2D eigenvalue weighted by atomic mass is 10.2. The molecule has 0 aliphatic carbocycles. The van der Waals surface area contributed by atoms with E-state index in [1.807, 2.05) is 24.3 Å². The van der Waals surface area contributed by atoms with Crippen LogP contribution >= 0.6 is 0 Å². The standard InChI is InChI=1S/C14H18N4O2/c19-9-3-7-15-13(20)6-8-16-14-11-4-1-2-5-12(11)17-10-18-14/h1-2,4-5,10,19H,3,6-9H2,(H,15,20)(H,16,17,18). The Morgan fingerprint density at radius 1 is 1.20 bits per heavy atom. The fourth-order valence-electron chi connectivity index (χ4n) is 1.84. The Bertz CT molecular complexity index is 569. The molecule has 2 rings (SSSR count). The van der Waals surface area contributed by atoms with E-state index in [-0.39, 0.29) is 12.5 Å². The van der Waals surface area contributed by atoms with Crippen LogP contribution in [0.1, 0.15) is 12.8 Å². The second-order valence-corrected chi connectivity index (χ2v) is 4.34. The molecular formula is C14H18N4O2. The number of nitrogens with one attached hydrogen (secondary N) is 2. The van der Waals surface area contributed by atoms with Crippen LogP contribution in [0.4, 0.5) is 5.82 Å². The van der Waals surface area contributed by atoms with E-state index in [0.29, 0.717) is 25.9 Å². The van der Waals surface area contributed by atoms with Crippen molar-refractivity contribution in [1.29, 1.82) is 0 Å². The zero-order chi connectivity index (χ0) is 14.2. The second kappa shape index (κ2) is 7.40. The van der Waals surface area contributed by atoms with Gasteiger partial charge in [-0.1, -0.05) is 12.1 Å². The number of amides is 1. The monoisotopic (exact) mass is 274 g/mol. The summed E-state index contributed by atoms with van der Waals surface area (Å²) in [5, 5.41) is 15.5. The minimum Gasteiger partial charge on any atom is -0.396 e. The Balaban J connectivity index is 1.85. The zero-order valence-electron chi connectivity index (χ0n) is 11.2. The van der Waals surface area contributed by atoms with Crippen LogP contribution in [0.2, 0.25) is 0 Å². The van der Waals surface area contributed by atoms with Gasteiger partial charge in [-0.05, 0) is 18.6 Å². The summed E-state index contributed by atoms with van der Waals surface area (Å²) in [7, 11) is 0. The van der Waals surface area contributed by atoms with Gasteiger partial charge in [-0.3, -0.25) is 4.79 Å². The number of nitrogens with zero attached hydrogens (tertiary/aromatic N) is 2. The summed E-state index contributed by atoms with van der Waals surface area (Å²) in [5.41, 5.74) is 0.873. The molecule has 0 unspecified atom stereocenters. The van der Waals surface area contributed by atoms with Crippen LogP contribution in [0.3, 0.4) is 0 Å². The Hall–Kier alpha value is -2.21. The summed E-state index contributed by atoms with van der Waals surface area (Å²) in [5.74, 6) is 0.697. The molecule has 0 spiro atoms. The molecule has 0 fully saturated rings. The normalized spacial score (nSPS) is 10.4. The van der Waals surface area contributed by atoms with E-state index >= 15 is 0 Å². The molecule has 0 saturated carbocycles. The van der Waals surface area contributed by atoms with Crippen molar-refractivity contribution in [3.05, 3.63) is 30.6 Å². The van der Waals surface area contributed by atoms with Gasteiger partial charge in [0.05, 0.1) is 5.52 Å². The molecule has 0 aliphatic heterocycles. The number of aromatic nitrogens is 2. The third kappa shape index (κ3) is 3.89. The Labute approximate surface area is 117 Å². The number of anilines is 1. The number of para-hydroxylation sites is 1. The predicted molar refractivity (Wildman–Crippen MR) is 77.4 cm³/mol. The molecule has 6 nitrogen and oxygen atoms in total. The minimum atomic E-state index is -0.0377. The fraction of sp³-hybridized carbons (Fsp3) is 0.357. The van der Waals surface area contributed by atoms with Crippen LogP contribution in [-0.4, -0.2) is 40.7 Å². The molecule has 0 bridgehead atoms. The maximum atomic E-state index is 11.5. The van der Waals surface area contributed by atoms with Crippen molar-refractivity contribution in [2.45, 2.75) is 12.8 Å².